The summed E-state index contributed by atoms with van der Waals surface area (Å²) in [6.45, 7) is 10.6. The van der Waals surface area contributed by atoms with Crippen LogP contribution in [0, 0.1) is 20.8 Å². The number of benzene rings is 1. The van der Waals surface area contributed by atoms with Gasteiger partial charge >= 0.3 is 0 Å². The lowest BCUT2D eigenvalue weighted by Crippen LogP contribution is -2.14. The molecule has 0 aliphatic carbocycles. The number of aromatic nitrogens is 5. The van der Waals surface area contributed by atoms with E-state index in [1.54, 1.807) is 18.5 Å². The van der Waals surface area contributed by atoms with Crippen molar-refractivity contribution < 1.29 is 4.79 Å². The van der Waals surface area contributed by atoms with Gasteiger partial charge in [-0.1, -0.05) is 23.9 Å². The predicted molar refractivity (Wildman–Crippen MR) is 135 cm³/mol. The third kappa shape index (κ3) is 5.20. The molecule has 33 heavy (non-hydrogen) atoms. The van der Waals surface area contributed by atoms with Crippen LogP contribution in [-0.4, -0.2) is 36.4 Å². The van der Waals surface area contributed by atoms with Crippen LogP contribution in [0.15, 0.2) is 59.9 Å². The number of hydrogen-bond acceptors (Lipinski definition) is 7. The number of nitrogens with zero attached hydrogens (tertiary/aromatic N) is 5. The van der Waals surface area contributed by atoms with E-state index in [1.807, 2.05) is 22.1 Å². The summed E-state index contributed by atoms with van der Waals surface area (Å²) < 4.78 is 1.93. The topological polar surface area (TPSA) is 85.6 Å². The van der Waals surface area contributed by atoms with Crippen LogP contribution in [0.5, 0.6) is 0 Å². The summed E-state index contributed by atoms with van der Waals surface area (Å²) in [6.07, 6.45) is 5.21. The molecule has 0 fully saturated rings. The van der Waals surface area contributed by atoms with E-state index in [0.717, 1.165) is 16.8 Å². The molecule has 3 aromatic heterocycles. The van der Waals surface area contributed by atoms with Crippen LogP contribution in [0.1, 0.15) is 16.7 Å². The standard InChI is InChI=1S/C24H24N6OS2/c1-5-10-30-22(18-6-8-25-9-7-18)28-29-24(30)33-14-21(31)27-23-26-20(13-32-23)19-12-16(3)15(2)11-17(19)4/h5-9,11-13H,1,10,14H2,2-4H3,(H,26,27,31). The molecular formula is C24H24N6OS2. The van der Waals surface area contributed by atoms with E-state index in [2.05, 4.69) is 65.0 Å². The molecule has 3 heterocycles. The summed E-state index contributed by atoms with van der Waals surface area (Å²) in [5, 5.41) is 14.7. The number of allylic oxidation sites excluding steroid dienone is 1. The molecule has 4 rings (SSSR count). The fraction of sp³-hybridized carbons (Fsp3) is 0.208. The first-order chi connectivity index (χ1) is 16.0. The smallest absolute Gasteiger partial charge is 0.236 e. The molecule has 1 amide bonds. The average Bonchev–Trinajstić information content (AvgIpc) is 3.43. The Morgan fingerprint density at radius 3 is 2.67 bits per heavy atom. The summed E-state index contributed by atoms with van der Waals surface area (Å²) in [7, 11) is 0. The van der Waals surface area contributed by atoms with Crippen molar-refractivity contribution in [2.24, 2.45) is 0 Å². The molecule has 0 atom stereocenters. The number of nitrogens with one attached hydrogen (secondary N) is 1. The fourth-order valence-corrected chi connectivity index (χ4v) is 4.85. The summed E-state index contributed by atoms with van der Waals surface area (Å²) in [4.78, 5) is 21.3. The van der Waals surface area contributed by atoms with E-state index in [-0.39, 0.29) is 11.7 Å². The average molecular weight is 477 g/mol. The van der Waals surface area contributed by atoms with E-state index in [0.29, 0.717) is 22.7 Å². The van der Waals surface area contributed by atoms with E-state index in [1.165, 1.54) is 39.8 Å². The van der Waals surface area contributed by atoms with Crippen LogP contribution < -0.4 is 5.32 Å². The number of anilines is 1. The van der Waals surface area contributed by atoms with Gasteiger partial charge in [0.05, 0.1) is 11.4 Å². The first-order valence-electron chi connectivity index (χ1n) is 10.4. The maximum Gasteiger partial charge on any atom is 0.236 e. The van der Waals surface area contributed by atoms with Gasteiger partial charge in [-0.3, -0.25) is 14.3 Å². The normalized spacial score (nSPS) is 10.9. The number of carbonyl (C=O) groups is 1. The van der Waals surface area contributed by atoms with Gasteiger partial charge in [-0.15, -0.1) is 28.1 Å². The maximum atomic E-state index is 12.6. The number of carbonyl (C=O) groups excluding carboxylic acids is 1. The largest absolute Gasteiger partial charge is 0.301 e. The number of thioether (sulfide) groups is 1. The second-order valence-electron chi connectivity index (χ2n) is 7.57. The van der Waals surface area contributed by atoms with Gasteiger partial charge in [0, 0.05) is 35.4 Å². The molecule has 7 nitrogen and oxygen atoms in total. The van der Waals surface area contributed by atoms with Crippen LogP contribution in [0.4, 0.5) is 5.13 Å². The minimum Gasteiger partial charge on any atom is -0.301 e. The molecule has 0 aliphatic heterocycles. The Balaban J connectivity index is 1.43. The SMILES string of the molecule is C=CCn1c(SCC(=O)Nc2nc(-c3cc(C)c(C)cc3C)cs2)nnc1-c1ccncc1. The van der Waals surface area contributed by atoms with Crippen molar-refractivity contribution in [2.45, 2.75) is 32.5 Å². The van der Waals surface area contributed by atoms with Crippen LogP contribution >= 0.6 is 23.1 Å². The lowest BCUT2D eigenvalue weighted by atomic mass is 9.99. The number of aryl methyl sites for hydroxylation is 3. The van der Waals surface area contributed by atoms with Crippen molar-refractivity contribution in [1.29, 1.82) is 0 Å². The zero-order chi connectivity index (χ0) is 23.4. The zero-order valence-corrected chi connectivity index (χ0v) is 20.3. The molecule has 0 aliphatic rings. The minimum absolute atomic E-state index is 0.142. The first-order valence-corrected chi connectivity index (χ1v) is 12.2. The molecule has 0 unspecified atom stereocenters. The summed E-state index contributed by atoms with van der Waals surface area (Å²) in [5.74, 6) is 0.772. The molecule has 1 aromatic carbocycles. The Morgan fingerprint density at radius 1 is 1.15 bits per heavy atom. The molecule has 4 aromatic rings. The highest BCUT2D eigenvalue weighted by molar-refractivity contribution is 7.99. The lowest BCUT2D eigenvalue weighted by Gasteiger charge is -2.08. The van der Waals surface area contributed by atoms with Crippen LogP contribution in [0.3, 0.4) is 0 Å². The highest BCUT2D eigenvalue weighted by Crippen LogP contribution is 2.30. The number of pyridine rings is 1. The molecule has 168 valence electrons. The third-order valence-corrected chi connectivity index (χ3v) is 6.89. The second-order valence-corrected chi connectivity index (χ2v) is 9.37. The van der Waals surface area contributed by atoms with Gasteiger partial charge in [-0.25, -0.2) is 4.98 Å². The van der Waals surface area contributed by atoms with E-state index in [9.17, 15) is 4.79 Å². The van der Waals surface area contributed by atoms with Gasteiger partial charge in [-0.2, -0.15) is 0 Å². The maximum absolute atomic E-state index is 12.6. The molecule has 0 saturated carbocycles. The predicted octanol–water partition coefficient (Wildman–Crippen LogP) is 5.31. The highest BCUT2D eigenvalue weighted by Gasteiger charge is 2.16. The van der Waals surface area contributed by atoms with Crippen LogP contribution in [0.2, 0.25) is 0 Å². The monoisotopic (exact) mass is 476 g/mol. The van der Waals surface area contributed by atoms with Gasteiger partial charge in [0.15, 0.2) is 16.1 Å². The number of amides is 1. The van der Waals surface area contributed by atoms with Crippen molar-refractivity contribution in [3.05, 3.63) is 71.4 Å². The number of thiazole rings is 1. The highest BCUT2D eigenvalue weighted by atomic mass is 32.2. The van der Waals surface area contributed by atoms with Crippen molar-refractivity contribution in [1.82, 2.24) is 24.7 Å². The molecule has 0 saturated heterocycles. The van der Waals surface area contributed by atoms with E-state index >= 15 is 0 Å². The lowest BCUT2D eigenvalue weighted by molar-refractivity contribution is -0.113. The molecule has 0 bridgehead atoms. The number of rotatable bonds is 8. The Bertz CT molecular complexity index is 1300. The molecule has 9 heteroatoms. The van der Waals surface area contributed by atoms with E-state index in [4.69, 9.17) is 0 Å². The van der Waals surface area contributed by atoms with Gasteiger partial charge in [-0.05, 0) is 55.7 Å². The van der Waals surface area contributed by atoms with Crippen LogP contribution in [0.25, 0.3) is 22.6 Å². The zero-order valence-electron chi connectivity index (χ0n) is 18.7. The Morgan fingerprint density at radius 2 is 1.91 bits per heavy atom. The van der Waals surface area contributed by atoms with Crippen molar-refractivity contribution in [3.63, 3.8) is 0 Å². The van der Waals surface area contributed by atoms with E-state index < -0.39 is 0 Å². The Hall–Kier alpha value is -3.30. The molecule has 0 radical (unpaired) electrons. The second kappa shape index (κ2) is 10.1. The van der Waals surface area contributed by atoms with Crippen molar-refractivity contribution in [2.75, 3.05) is 11.1 Å². The molecule has 0 spiro atoms. The first kappa shape index (κ1) is 22.9. The van der Waals surface area contributed by atoms with Crippen molar-refractivity contribution in [3.8, 4) is 22.6 Å². The summed E-state index contributed by atoms with van der Waals surface area (Å²) in [5.41, 5.74) is 6.52. The molecule has 1 N–H and O–H groups in total. The minimum atomic E-state index is -0.142. The van der Waals surface area contributed by atoms with Gasteiger partial charge < -0.3 is 5.32 Å². The molecular weight excluding hydrogens is 452 g/mol. The quantitative estimate of drug-likeness (QED) is 0.274. The third-order valence-electron chi connectivity index (χ3n) is 5.17. The summed E-state index contributed by atoms with van der Waals surface area (Å²) in [6, 6.07) is 8.07. The van der Waals surface area contributed by atoms with Gasteiger partial charge in [0.1, 0.15) is 0 Å². The van der Waals surface area contributed by atoms with Gasteiger partial charge in [0.25, 0.3) is 0 Å². The van der Waals surface area contributed by atoms with Crippen molar-refractivity contribution >= 4 is 34.1 Å². The van der Waals surface area contributed by atoms with Crippen LogP contribution in [-0.2, 0) is 11.3 Å². The van der Waals surface area contributed by atoms with Gasteiger partial charge in [0.2, 0.25) is 5.91 Å². The fourth-order valence-electron chi connectivity index (χ4n) is 3.38. The number of hydrogen-bond donors (Lipinski definition) is 1. The Labute approximate surface area is 201 Å². The Kier molecular flexibility index (Phi) is 7.00. The summed E-state index contributed by atoms with van der Waals surface area (Å²) >= 11 is 2.75.